The molecule has 1 aromatic rings. The van der Waals surface area contributed by atoms with E-state index in [1.807, 2.05) is 45.0 Å². The highest BCUT2D eigenvalue weighted by molar-refractivity contribution is 5.83. The topological polar surface area (TPSA) is 94.2 Å². The van der Waals surface area contributed by atoms with Gasteiger partial charge in [0.15, 0.2) is 6.29 Å². The molecule has 0 amide bonds. The van der Waals surface area contributed by atoms with Gasteiger partial charge in [-0.3, -0.25) is 10.7 Å². The Morgan fingerprint density at radius 2 is 2.15 bits per heavy atom. The molecule has 1 aromatic carbocycles. The van der Waals surface area contributed by atoms with Crippen LogP contribution in [-0.2, 0) is 9.47 Å². The molecule has 2 rings (SSSR count). The van der Waals surface area contributed by atoms with Crippen molar-refractivity contribution < 1.29 is 19.5 Å². The molecule has 5 N–H and O–H groups in total. The highest BCUT2D eigenvalue weighted by Crippen LogP contribution is 2.20. The van der Waals surface area contributed by atoms with E-state index in [0.717, 1.165) is 37.3 Å². The van der Waals surface area contributed by atoms with Crippen LogP contribution in [0, 0.1) is 10.8 Å². The lowest BCUT2D eigenvalue weighted by Gasteiger charge is -2.22. The van der Waals surface area contributed by atoms with Gasteiger partial charge in [-0.1, -0.05) is 26.8 Å². The molecule has 0 aliphatic carbocycles. The summed E-state index contributed by atoms with van der Waals surface area (Å²) < 4.78 is 16.9. The fraction of sp³-hybridized carbons (Fsp3) is 0.550. The number of quaternary nitrogens is 1. The van der Waals surface area contributed by atoms with Crippen LogP contribution in [0.4, 0.5) is 5.69 Å². The minimum absolute atomic E-state index is 0.0902. The van der Waals surface area contributed by atoms with Gasteiger partial charge in [0.05, 0.1) is 6.61 Å². The largest absolute Gasteiger partial charge is 0.491 e. The molecule has 6 nitrogen and oxygen atoms in total. The van der Waals surface area contributed by atoms with Gasteiger partial charge in [0, 0.05) is 29.9 Å². The average molecular weight is 362 g/mol. The van der Waals surface area contributed by atoms with E-state index in [1.165, 1.54) is 0 Å². The lowest BCUT2D eigenvalue weighted by molar-refractivity contribution is -0.443. The Balaban J connectivity index is 1.79. The van der Waals surface area contributed by atoms with Gasteiger partial charge in [0.25, 0.3) is 0 Å². The Morgan fingerprint density at radius 1 is 1.35 bits per heavy atom. The molecule has 144 valence electrons. The molecular formula is C20H32N3O3+. The second-order valence-electron chi connectivity index (χ2n) is 7.54. The van der Waals surface area contributed by atoms with Crippen molar-refractivity contribution in [2.24, 2.45) is 11.1 Å². The van der Waals surface area contributed by atoms with Gasteiger partial charge in [-0.05, 0) is 31.4 Å². The number of nitrogens with one attached hydrogen (secondary N) is 1. The fourth-order valence-corrected chi connectivity index (χ4v) is 2.48. The van der Waals surface area contributed by atoms with Crippen LogP contribution in [0.25, 0.3) is 0 Å². The minimum atomic E-state index is -0.146. The van der Waals surface area contributed by atoms with Crippen LogP contribution in [0.2, 0.25) is 0 Å². The summed E-state index contributed by atoms with van der Waals surface area (Å²) in [5.74, 6) is 1.12. The molecule has 1 atom stereocenters. The second-order valence-corrected chi connectivity index (χ2v) is 7.54. The van der Waals surface area contributed by atoms with Crippen molar-refractivity contribution in [3.05, 3.63) is 36.0 Å². The molecule has 0 bridgehead atoms. The molecule has 1 fully saturated rings. The van der Waals surface area contributed by atoms with Crippen LogP contribution in [-0.4, -0.2) is 31.9 Å². The highest BCUT2D eigenvalue weighted by atomic mass is 16.7. The van der Waals surface area contributed by atoms with Gasteiger partial charge in [0.1, 0.15) is 18.0 Å². The molecule has 0 saturated carbocycles. The zero-order valence-corrected chi connectivity index (χ0v) is 16.1. The van der Waals surface area contributed by atoms with Crippen molar-refractivity contribution >= 4 is 11.5 Å². The van der Waals surface area contributed by atoms with E-state index in [2.05, 4.69) is 0 Å². The summed E-state index contributed by atoms with van der Waals surface area (Å²) >= 11 is 0. The van der Waals surface area contributed by atoms with Crippen LogP contribution in [0.15, 0.2) is 36.0 Å². The number of hydrogen-bond acceptors (Lipinski definition) is 5. The van der Waals surface area contributed by atoms with Crippen molar-refractivity contribution in [1.82, 2.24) is 0 Å². The number of benzene rings is 1. The first kappa shape index (κ1) is 20.4. The maximum absolute atomic E-state index is 8.10. The van der Waals surface area contributed by atoms with Gasteiger partial charge >= 0.3 is 0 Å². The van der Waals surface area contributed by atoms with Crippen LogP contribution < -0.4 is 15.8 Å². The van der Waals surface area contributed by atoms with E-state index in [0.29, 0.717) is 24.7 Å². The third-order valence-electron chi connectivity index (χ3n) is 4.15. The summed E-state index contributed by atoms with van der Waals surface area (Å²) in [6.07, 6.45) is 4.84. The maximum Gasteiger partial charge on any atom is 0.223 e. The summed E-state index contributed by atoms with van der Waals surface area (Å²) in [5.41, 5.74) is 7.48. The van der Waals surface area contributed by atoms with Crippen molar-refractivity contribution in [1.29, 1.82) is 5.41 Å². The number of ether oxygens (including phenoxy) is 3. The second kappa shape index (κ2) is 9.71. The first-order chi connectivity index (χ1) is 12.3. The molecule has 0 aromatic heterocycles. The zero-order valence-electron chi connectivity index (χ0n) is 16.1. The van der Waals surface area contributed by atoms with E-state index in [1.54, 1.807) is 11.4 Å². The molecule has 1 heterocycles. The van der Waals surface area contributed by atoms with E-state index in [4.69, 9.17) is 25.4 Å². The number of allylic oxidation sites excluding steroid dienone is 1. The standard InChI is InChI=1S/C20H31N3O3/c1-20(2,3)17(21)14-18(22)23-15-7-6-8-16(13-15)24-11-12-26-19-9-4-5-10-25-19/h6-8,13-14,19H,4-5,9-12,21H2,1-3H3,(H2,22,23)/p+1. The Labute approximate surface area is 156 Å². The molecular weight excluding hydrogens is 330 g/mol. The normalized spacial score (nSPS) is 18.6. The highest BCUT2D eigenvalue weighted by Gasteiger charge is 2.16. The molecule has 1 unspecified atom stereocenters. The van der Waals surface area contributed by atoms with E-state index in [-0.39, 0.29) is 11.7 Å². The monoisotopic (exact) mass is 362 g/mol. The number of rotatable bonds is 7. The van der Waals surface area contributed by atoms with Gasteiger partial charge in [-0.15, -0.1) is 0 Å². The lowest BCUT2D eigenvalue weighted by Crippen LogP contribution is -2.81. The molecule has 0 radical (unpaired) electrons. The van der Waals surface area contributed by atoms with Crippen molar-refractivity contribution in [2.75, 3.05) is 19.8 Å². The van der Waals surface area contributed by atoms with Crippen LogP contribution in [0.1, 0.15) is 40.0 Å². The summed E-state index contributed by atoms with van der Waals surface area (Å²) in [6, 6.07) is 7.66. The fourth-order valence-electron chi connectivity index (χ4n) is 2.48. The van der Waals surface area contributed by atoms with Gasteiger partial charge in [-0.25, -0.2) is 0 Å². The van der Waals surface area contributed by atoms with E-state index in [9.17, 15) is 0 Å². The predicted octanol–water partition coefficient (Wildman–Crippen LogP) is 2.67. The summed E-state index contributed by atoms with van der Waals surface area (Å²) in [5, 5.41) is 9.88. The Morgan fingerprint density at radius 3 is 2.85 bits per heavy atom. The molecule has 26 heavy (non-hydrogen) atoms. The van der Waals surface area contributed by atoms with Crippen molar-refractivity contribution in [3.63, 3.8) is 0 Å². The molecule has 1 saturated heterocycles. The van der Waals surface area contributed by atoms with Crippen LogP contribution in [0.5, 0.6) is 5.75 Å². The van der Waals surface area contributed by atoms with Crippen molar-refractivity contribution in [3.8, 4) is 5.75 Å². The number of amidine groups is 1. The van der Waals surface area contributed by atoms with E-state index >= 15 is 0 Å². The lowest BCUT2D eigenvalue weighted by atomic mass is 9.92. The Kier molecular flexibility index (Phi) is 7.63. The third-order valence-corrected chi connectivity index (χ3v) is 4.15. The minimum Gasteiger partial charge on any atom is -0.491 e. The zero-order chi connectivity index (χ0) is 19.0. The average Bonchev–Trinajstić information content (AvgIpc) is 2.59. The number of hydrogen-bond donors (Lipinski definition) is 3. The van der Waals surface area contributed by atoms with Gasteiger partial charge in [0.2, 0.25) is 5.84 Å². The molecule has 1 aliphatic rings. The molecule has 6 heteroatoms. The number of nitrogens with two attached hydrogens (primary N) is 2. The van der Waals surface area contributed by atoms with Crippen molar-refractivity contribution in [2.45, 2.75) is 46.3 Å². The Bertz CT molecular complexity index is 617. The van der Waals surface area contributed by atoms with Crippen LogP contribution in [0.3, 0.4) is 0 Å². The first-order valence-electron chi connectivity index (χ1n) is 9.21. The quantitative estimate of drug-likeness (QED) is 0.301. The smallest absolute Gasteiger partial charge is 0.223 e. The molecule has 1 aliphatic heterocycles. The van der Waals surface area contributed by atoms with E-state index < -0.39 is 0 Å². The summed E-state index contributed by atoms with van der Waals surface area (Å²) in [6.45, 7) is 7.84. The first-order valence-corrected chi connectivity index (χ1v) is 9.21. The van der Waals surface area contributed by atoms with Gasteiger partial charge in [-0.2, -0.15) is 0 Å². The van der Waals surface area contributed by atoms with Crippen LogP contribution >= 0.6 is 0 Å². The molecule has 0 spiro atoms. The third kappa shape index (κ3) is 7.15. The predicted molar refractivity (Wildman–Crippen MR) is 103 cm³/mol. The summed E-state index contributed by atoms with van der Waals surface area (Å²) in [7, 11) is 0. The van der Waals surface area contributed by atoms with Gasteiger partial charge < -0.3 is 19.9 Å². The Hall–Kier alpha value is -1.89. The SMILES string of the molecule is CC(C)(C)C(N)=CC(=N)[NH2+]c1cccc(OCCOC2CCCCO2)c1. The summed E-state index contributed by atoms with van der Waals surface area (Å²) in [4.78, 5) is 0. The maximum atomic E-state index is 8.10.